The summed E-state index contributed by atoms with van der Waals surface area (Å²) in [4.78, 5) is 32.1. The van der Waals surface area contributed by atoms with E-state index >= 15 is 0 Å². The predicted octanol–water partition coefficient (Wildman–Crippen LogP) is 9.34. The van der Waals surface area contributed by atoms with Crippen molar-refractivity contribution >= 4 is 68.1 Å². The highest BCUT2D eigenvalue weighted by atomic mass is 35.5. The number of benzene rings is 5. The number of anilines is 2. The van der Waals surface area contributed by atoms with E-state index in [4.69, 9.17) is 11.6 Å². The van der Waals surface area contributed by atoms with Crippen LogP contribution in [0.25, 0.3) is 22.0 Å². The third kappa shape index (κ3) is 6.55. The molecule has 0 saturated heterocycles. The molecule has 0 saturated carbocycles. The molecule has 6 aromatic rings. The summed E-state index contributed by atoms with van der Waals surface area (Å²) < 4.78 is 0. The molecular weight excluding hydrogens is 582 g/mol. The third-order valence-corrected chi connectivity index (χ3v) is 8.83. The molecule has 0 fully saturated rings. The summed E-state index contributed by atoms with van der Waals surface area (Å²) >= 11 is 8.80. The molecule has 8 heteroatoms. The number of nitrogens with zero attached hydrogens (tertiary/aromatic N) is 1. The number of hydrogen-bond donors (Lipinski definition) is 2. The van der Waals surface area contributed by atoms with Gasteiger partial charge in [-0.25, -0.2) is 4.98 Å². The fraction of sp³-hybridized carbons (Fsp3) is 0.0294. The number of nitrogens with one attached hydrogen (secondary N) is 2. The van der Waals surface area contributed by atoms with Gasteiger partial charge in [-0.15, -0.1) is 23.1 Å². The number of fused-ring (bicyclic) bond motifs is 1. The monoisotopic (exact) mass is 605 g/mol. The van der Waals surface area contributed by atoms with E-state index < -0.39 is 5.25 Å². The van der Waals surface area contributed by atoms with Crippen LogP contribution < -0.4 is 10.6 Å². The van der Waals surface area contributed by atoms with E-state index in [1.54, 1.807) is 0 Å². The Morgan fingerprint density at radius 2 is 1.52 bits per heavy atom. The zero-order chi connectivity index (χ0) is 28.9. The van der Waals surface area contributed by atoms with Crippen molar-refractivity contribution < 1.29 is 9.59 Å². The lowest BCUT2D eigenvalue weighted by molar-refractivity contribution is -0.115. The van der Waals surface area contributed by atoms with Crippen LogP contribution in [0.4, 0.5) is 10.8 Å². The Balaban J connectivity index is 1.19. The first kappa shape index (κ1) is 27.7. The van der Waals surface area contributed by atoms with Crippen LogP contribution in [-0.4, -0.2) is 16.8 Å². The first-order valence-corrected chi connectivity index (χ1v) is 15.3. The quantitative estimate of drug-likeness (QED) is 0.170. The third-order valence-electron chi connectivity index (χ3n) is 6.57. The Kier molecular flexibility index (Phi) is 8.33. The van der Waals surface area contributed by atoms with E-state index in [0.717, 1.165) is 32.5 Å². The molecule has 5 aromatic carbocycles. The molecule has 6 rings (SSSR count). The molecule has 0 aliphatic rings. The van der Waals surface area contributed by atoms with Crippen LogP contribution in [0, 0.1) is 0 Å². The number of halogens is 1. The van der Waals surface area contributed by atoms with Crippen LogP contribution in [0.3, 0.4) is 0 Å². The normalized spacial score (nSPS) is 11.6. The number of amides is 2. The Morgan fingerprint density at radius 3 is 2.33 bits per heavy atom. The highest BCUT2D eigenvalue weighted by molar-refractivity contribution is 8.00. The van der Waals surface area contributed by atoms with Crippen LogP contribution >= 0.6 is 34.7 Å². The highest BCUT2D eigenvalue weighted by Crippen LogP contribution is 2.38. The zero-order valence-electron chi connectivity index (χ0n) is 22.2. The minimum absolute atomic E-state index is 0.186. The molecule has 0 bridgehead atoms. The maximum Gasteiger partial charge on any atom is 0.255 e. The lowest BCUT2D eigenvalue weighted by Crippen LogP contribution is -2.19. The lowest BCUT2D eigenvalue weighted by atomic mass is 10.1. The Labute approximate surface area is 256 Å². The molecule has 2 N–H and O–H groups in total. The number of hydrogen-bond acceptors (Lipinski definition) is 5. The van der Waals surface area contributed by atoms with E-state index in [1.165, 1.54) is 23.1 Å². The summed E-state index contributed by atoms with van der Waals surface area (Å²) in [6.45, 7) is 0. The van der Waals surface area contributed by atoms with Crippen molar-refractivity contribution in [1.82, 2.24) is 4.98 Å². The fourth-order valence-corrected chi connectivity index (χ4v) is 6.41. The largest absolute Gasteiger partial charge is 0.322 e. The fourth-order valence-electron chi connectivity index (χ4n) is 4.47. The highest BCUT2D eigenvalue weighted by Gasteiger charge is 2.23. The molecule has 0 aliphatic carbocycles. The summed E-state index contributed by atoms with van der Waals surface area (Å²) in [5.41, 5.74) is 3.78. The first-order chi connectivity index (χ1) is 20.5. The zero-order valence-corrected chi connectivity index (χ0v) is 24.5. The predicted molar refractivity (Wildman–Crippen MR) is 175 cm³/mol. The van der Waals surface area contributed by atoms with E-state index in [0.29, 0.717) is 21.4 Å². The number of aromatic nitrogens is 1. The average molecular weight is 606 g/mol. The molecule has 1 unspecified atom stereocenters. The van der Waals surface area contributed by atoms with E-state index in [-0.39, 0.29) is 11.8 Å². The summed E-state index contributed by atoms with van der Waals surface area (Å²) in [7, 11) is 0. The van der Waals surface area contributed by atoms with Gasteiger partial charge in [0, 0.05) is 32.1 Å². The molecule has 5 nitrogen and oxygen atoms in total. The van der Waals surface area contributed by atoms with Gasteiger partial charge in [-0.1, -0.05) is 90.5 Å². The summed E-state index contributed by atoms with van der Waals surface area (Å²) in [5, 5.41) is 10.6. The second kappa shape index (κ2) is 12.6. The van der Waals surface area contributed by atoms with Crippen LogP contribution in [0.15, 0.2) is 132 Å². The Bertz CT molecular complexity index is 1870. The van der Waals surface area contributed by atoms with Gasteiger partial charge < -0.3 is 10.6 Å². The second-order valence-electron chi connectivity index (χ2n) is 9.49. The number of carbonyl (C=O) groups is 2. The topological polar surface area (TPSA) is 71.1 Å². The maximum absolute atomic E-state index is 13.6. The number of carbonyl (C=O) groups excluding carboxylic acids is 2. The van der Waals surface area contributed by atoms with Gasteiger partial charge in [0.15, 0.2) is 5.13 Å². The van der Waals surface area contributed by atoms with Crippen molar-refractivity contribution in [3.8, 4) is 11.3 Å². The molecule has 42 heavy (non-hydrogen) atoms. The van der Waals surface area contributed by atoms with Crippen LogP contribution in [-0.2, 0) is 4.79 Å². The van der Waals surface area contributed by atoms with Crippen molar-refractivity contribution in [1.29, 1.82) is 0 Å². The molecule has 0 spiro atoms. The molecule has 1 aromatic heterocycles. The van der Waals surface area contributed by atoms with Gasteiger partial charge >= 0.3 is 0 Å². The minimum atomic E-state index is -0.541. The van der Waals surface area contributed by atoms with Gasteiger partial charge in [-0.05, 0) is 58.8 Å². The lowest BCUT2D eigenvalue weighted by Gasteiger charge is -2.17. The summed E-state index contributed by atoms with van der Waals surface area (Å²) in [6.07, 6.45) is 0. The van der Waals surface area contributed by atoms with Gasteiger partial charge in [0.25, 0.3) is 5.91 Å². The Morgan fingerprint density at radius 1 is 0.762 bits per heavy atom. The SMILES string of the molecule is O=C(Nc1cccc(SC(C(=O)Nc2nc(-c3ccc(Cl)cc3)cs2)c2ccccc2)c1)c1ccc2ccccc2c1. The number of thioether (sulfide) groups is 1. The van der Waals surface area contributed by atoms with Gasteiger partial charge in [0.1, 0.15) is 5.25 Å². The van der Waals surface area contributed by atoms with E-state index in [2.05, 4.69) is 15.6 Å². The van der Waals surface area contributed by atoms with Crippen molar-refractivity contribution in [2.75, 3.05) is 10.6 Å². The van der Waals surface area contributed by atoms with E-state index in [1.807, 2.05) is 127 Å². The molecule has 0 aliphatic heterocycles. The molecular formula is C34H24ClN3O2S2. The van der Waals surface area contributed by atoms with Gasteiger partial charge in [-0.2, -0.15) is 0 Å². The molecule has 1 atom stereocenters. The van der Waals surface area contributed by atoms with Gasteiger partial charge in [0.05, 0.1) is 5.69 Å². The van der Waals surface area contributed by atoms with Crippen LogP contribution in [0.1, 0.15) is 21.2 Å². The second-order valence-corrected chi connectivity index (χ2v) is 12.0. The van der Waals surface area contributed by atoms with Crippen molar-refractivity contribution in [2.24, 2.45) is 0 Å². The smallest absolute Gasteiger partial charge is 0.255 e. The summed E-state index contributed by atoms with van der Waals surface area (Å²) in [6, 6.07) is 38.2. The van der Waals surface area contributed by atoms with Crippen molar-refractivity contribution in [3.05, 3.63) is 143 Å². The minimum Gasteiger partial charge on any atom is -0.322 e. The average Bonchev–Trinajstić information content (AvgIpc) is 3.49. The molecule has 2 amide bonds. The molecule has 206 valence electrons. The van der Waals surface area contributed by atoms with Crippen LogP contribution in [0.5, 0.6) is 0 Å². The van der Waals surface area contributed by atoms with Gasteiger partial charge in [0.2, 0.25) is 5.91 Å². The van der Waals surface area contributed by atoms with Crippen LogP contribution in [0.2, 0.25) is 5.02 Å². The molecule has 1 heterocycles. The number of thiazole rings is 1. The standard InChI is InChI=1S/C34H24ClN3O2S2/c35-27-17-15-23(16-18-27)30-21-41-34(37-30)38-33(40)31(24-8-2-1-3-9-24)42-29-12-6-11-28(20-29)36-32(39)26-14-13-22-7-4-5-10-25(22)19-26/h1-21,31H,(H,36,39)(H,37,38,40). The first-order valence-electron chi connectivity index (χ1n) is 13.2. The maximum atomic E-state index is 13.6. The van der Waals surface area contributed by atoms with Gasteiger partial charge in [-0.3, -0.25) is 9.59 Å². The number of rotatable bonds is 8. The summed E-state index contributed by atoms with van der Waals surface area (Å²) in [5.74, 6) is -0.380. The Hall–Kier alpha value is -4.43. The molecule has 0 radical (unpaired) electrons. The van der Waals surface area contributed by atoms with E-state index in [9.17, 15) is 9.59 Å². The van der Waals surface area contributed by atoms with Crippen molar-refractivity contribution in [2.45, 2.75) is 10.1 Å². The van der Waals surface area contributed by atoms with Crippen molar-refractivity contribution in [3.63, 3.8) is 0 Å².